The van der Waals surface area contributed by atoms with E-state index in [0.29, 0.717) is 11.2 Å². The Hall–Kier alpha value is -2.91. The number of thioether (sulfide) groups is 1. The molecule has 1 atom stereocenters. The van der Waals surface area contributed by atoms with E-state index in [9.17, 15) is 9.18 Å². The van der Waals surface area contributed by atoms with Gasteiger partial charge >= 0.3 is 0 Å². The third-order valence-electron chi connectivity index (χ3n) is 5.67. The van der Waals surface area contributed by atoms with Crippen LogP contribution in [0.25, 0.3) is 5.69 Å². The number of hydrogen-bond donors (Lipinski definition) is 1. The van der Waals surface area contributed by atoms with E-state index in [1.807, 2.05) is 54.8 Å². The van der Waals surface area contributed by atoms with Crippen molar-refractivity contribution >= 4 is 29.0 Å². The SMILES string of the molecule is CCN(c1ccc(NC(=O)CSc2nnc([C@H](C)N(C)C)n2-c2ccc(F)cc2)cc1)C(C)C. The van der Waals surface area contributed by atoms with Gasteiger partial charge in [0.25, 0.3) is 0 Å². The quantitative estimate of drug-likeness (QED) is 0.409. The van der Waals surface area contributed by atoms with Crippen LogP contribution >= 0.6 is 11.8 Å². The van der Waals surface area contributed by atoms with E-state index < -0.39 is 0 Å². The van der Waals surface area contributed by atoms with E-state index >= 15 is 0 Å². The van der Waals surface area contributed by atoms with Gasteiger partial charge in [-0.3, -0.25) is 14.3 Å². The topological polar surface area (TPSA) is 66.3 Å². The predicted octanol–water partition coefficient (Wildman–Crippen LogP) is 4.99. The first-order chi connectivity index (χ1) is 16.2. The average molecular weight is 485 g/mol. The van der Waals surface area contributed by atoms with Gasteiger partial charge in [0.1, 0.15) is 5.82 Å². The molecule has 2 aromatic carbocycles. The summed E-state index contributed by atoms with van der Waals surface area (Å²) in [7, 11) is 3.92. The number of amides is 1. The van der Waals surface area contributed by atoms with Crippen molar-refractivity contribution in [3.8, 4) is 5.69 Å². The lowest BCUT2D eigenvalue weighted by Gasteiger charge is -2.27. The summed E-state index contributed by atoms with van der Waals surface area (Å²) in [6.07, 6.45) is 0. The number of benzene rings is 2. The zero-order chi connectivity index (χ0) is 24.8. The molecule has 1 N–H and O–H groups in total. The van der Waals surface area contributed by atoms with Crippen molar-refractivity contribution < 1.29 is 9.18 Å². The molecule has 0 unspecified atom stereocenters. The van der Waals surface area contributed by atoms with Crippen molar-refractivity contribution in [3.63, 3.8) is 0 Å². The Bertz CT molecular complexity index is 1080. The van der Waals surface area contributed by atoms with Crippen LogP contribution in [-0.2, 0) is 4.79 Å². The Morgan fingerprint density at radius 3 is 2.26 bits per heavy atom. The first-order valence-corrected chi connectivity index (χ1v) is 12.4. The molecule has 0 saturated carbocycles. The van der Waals surface area contributed by atoms with Crippen LogP contribution in [0.2, 0.25) is 0 Å². The molecule has 3 rings (SSSR count). The summed E-state index contributed by atoms with van der Waals surface area (Å²) < 4.78 is 15.4. The fraction of sp³-hybridized carbons (Fsp3) is 0.400. The van der Waals surface area contributed by atoms with Gasteiger partial charge in [-0.1, -0.05) is 11.8 Å². The molecule has 9 heteroatoms. The lowest BCUT2D eigenvalue weighted by molar-refractivity contribution is -0.113. The summed E-state index contributed by atoms with van der Waals surface area (Å²) in [6, 6.07) is 14.4. The Labute approximate surface area is 205 Å². The van der Waals surface area contributed by atoms with Crippen molar-refractivity contribution in [2.45, 2.75) is 44.9 Å². The number of halogens is 1. The molecular weight excluding hydrogens is 451 g/mol. The van der Waals surface area contributed by atoms with Crippen LogP contribution in [0.3, 0.4) is 0 Å². The lowest BCUT2D eigenvalue weighted by Crippen LogP contribution is -2.30. The summed E-state index contributed by atoms with van der Waals surface area (Å²) in [6.45, 7) is 9.39. The van der Waals surface area contributed by atoms with E-state index in [2.05, 4.69) is 41.2 Å². The lowest BCUT2D eigenvalue weighted by atomic mass is 10.2. The molecule has 1 amide bonds. The van der Waals surface area contributed by atoms with Gasteiger partial charge in [-0.05, 0) is 90.3 Å². The van der Waals surface area contributed by atoms with Gasteiger partial charge in [-0.15, -0.1) is 10.2 Å². The number of nitrogens with one attached hydrogen (secondary N) is 1. The third kappa shape index (κ3) is 6.15. The van der Waals surface area contributed by atoms with Crippen LogP contribution in [0.4, 0.5) is 15.8 Å². The molecule has 0 spiro atoms. The number of carbonyl (C=O) groups is 1. The van der Waals surface area contributed by atoms with Gasteiger partial charge in [0, 0.05) is 29.6 Å². The maximum atomic E-state index is 13.5. The van der Waals surface area contributed by atoms with Crippen LogP contribution in [0, 0.1) is 5.82 Å². The van der Waals surface area contributed by atoms with Gasteiger partial charge < -0.3 is 10.2 Å². The summed E-state index contributed by atoms with van der Waals surface area (Å²) in [5.74, 6) is 0.449. The number of anilines is 2. The highest BCUT2D eigenvalue weighted by molar-refractivity contribution is 7.99. The maximum absolute atomic E-state index is 13.5. The fourth-order valence-corrected chi connectivity index (χ4v) is 4.38. The zero-order valence-electron chi connectivity index (χ0n) is 20.6. The van der Waals surface area contributed by atoms with Crippen LogP contribution in [0.5, 0.6) is 0 Å². The van der Waals surface area contributed by atoms with Gasteiger partial charge in [-0.25, -0.2) is 4.39 Å². The first kappa shape index (κ1) is 25.7. The molecule has 0 radical (unpaired) electrons. The van der Waals surface area contributed by atoms with Crippen LogP contribution < -0.4 is 10.2 Å². The minimum atomic E-state index is -0.311. The van der Waals surface area contributed by atoms with E-state index in [1.165, 1.54) is 23.9 Å². The van der Waals surface area contributed by atoms with Gasteiger partial charge in [0.2, 0.25) is 5.91 Å². The Morgan fingerprint density at radius 1 is 1.06 bits per heavy atom. The minimum Gasteiger partial charge on any atom is -0.369 e. The number of carbonyl (C=O) groups excluding carboxylic acids is 1. The van der Waals surface area contributed by atoms with E-state index in [4.69, 9.17) is 0 Å². The van der Waals surface area contributed by atoms with E-state index in [0.717, 1.165) is 29.4 Å². The van der Waals surface area contributed by atoms with E-state index in [1.54, 1.807) is 12.1 Å². The fourth-order valence-electron chi connectivity index (χ4n) is 3.62. The van der Waals surface area contributed by atoms with Crippen LogP contribution in [0.15, 0.2) is 53.7 Å². The van der Waals surface area contributed by atoms with Crippen molar-refractivity contribution in [3.05, 3.63) is 60.2 Å². The van der Waals surface area contributed by atoms with Gasteiger partial charge in [0.15, 0.2) is 11.0 Å². The predicted molar refractivity (Wildman–Crippen MR) is 137 cm³/mol. The molecule has 0 aliphatic carbocycles. The molecular formula is C25H33FN6OS. The van der Waals surface area contributed by atoms with Crippen molar-refractivity contribution in [2.24, 2.45) is 0 Å². The second-order valence-corrected chi connectivity index (χ2v) is 9.50. The summed E-state index contributed by atoms with van der Waals surface area (Å²) >= 11 is 1.30. The highest BCUT2D eigenvalue weighted by atomic mass is 32.2. The molecule has 3 aromatic rings. The smallest absolute Gasteiger partial charge is 0.234 e. The highest BCUT2D eigenvalue weighted by Gasteiger charge is 2.21. The Morgan fingerprint density at radius 2 is 1.71 bits per heavy atom. The van der Waals surface area contributed by atoms with Crippen molar-refractivity contribution in [1.29, 1.82) is 0 Å². The summed E-state index contributed by atoms with van der Waals surface area (Å²) in [5.41, 5.74) is 2.62. The molecule has 0 saturated heterocycles. The zero-order valence-corrected chi connectivity index (χ0v) is 21.4. The van der Waals surface area contributed by atoms with Gasteiger partial charge in [-0.2, -0.15) is 0 Å². The minimum absolute atomic E-state index is 0.0206. The number of rotatable bonds is 10. The van der Waals surface area contributed by atoms with Crippen LogP contribution in [-0.4, -0.2) is 58.0 Å². The van der Waals surface area contributed by atoms with E-state index in [-0.39, 0.29) is 23.5 Å². The standard InChI is InChI=1S/C25H33FN6OS/c1-7-31(17(2)3)21-14-10-20(11-15-21)27-23(33)16-34-25-29-28-24(18(4)30(5)6)32(25)22-12-8-19(26)9-13-22/h8-15,17-18H,7,16H2,1-6H3,(H,27,33)/t18-/m0/s1. The summed E-state index contributed by atoms with van der Waals surface area (Å²) in [5, 5.41) is 12.2. The molecule has 0 aliphatic rings. The largest absolute Gasteiger partial charge is 0.369 e. The summed E-state index contributed by atoms with van der Waals surface area (Å²) in [4.78, 5) is 17.0. The highest BCUT2D eigenvalue weighted by Crippen LogP contribution is 2.27. The second kappa shape index (κ2) is 11.5. The molecule has 34 heavy (non-hydrogen) atoms. The maximum Gasteiger partial charge on any atom is 0.234 e. The normalized spacial score (nSPS) is 12.3. The Balaban J connectivity index is 1.72. The van der Waals surface area contributed by atoms with Gasteiger partial charge in [0.05, 0.1) is 11.8 Å². The molecule has 0 aliphatic heterocycles. The number of nitrogens with zero attached hydrogens (tertiary/aromatic N) is 5. The first-order valence-electron chi connectivity index (χ1n) is 11.4. The Kier molecular flexibility index (Phi) is 8.68. The molecule has 0 bridgehead atoms. The monoisotopic (exact) mass is 484 g/mol. The second-order valence-electron chi connectivity index (χ2n) is 8.56. The van der Waals surface area contributed by atoms with Crippen molar-refractivity contribution in [1.82, 2.24) is 19.7 Å². The molecule has 0 fully saturated rings. The molecule has 182 valence electrons. The number of aromatic nitrogens is 3. The molecule has 7 nitrogen and oxygen atoms in total. The number of hydrogen-bond acceptors (Lipinski definition) is 6. The van der Waals surface area contributed by atoms with Crippen molar-refractivity contribution in [2.75, 3.05) is 36.6 Å². The third-order valence-corrected chi connectivity index (χ3v) is 6.60. The van der Waals surface area contributed by atoms with Crippen LogP contribution in [0.1, 0.15) is 39.6 Å². The molecule has 1 aromatic heterocycles. The average Bonchev–Trinajstić information content (AvgIpc) is 3.23. The molecule has 1 heterocycles.